The van der Waals surface area contributed by atoms with Crippen molar-refractivity contribution in [3.8, 4) is 0 Å². The molecular formula is C26H26N2O3. The van der Waals surface area contributed by atoms with Crippen molar-refractivity contribution in [1.82, 2.24) is 5.32 Å². The topological polar surface area (TPSA) is 67.4 Å². The number of ether oxygens (including phenoxy) is 1. The molecular weight excluding hydrogens is 388 g/mol. The minimum atomic E-state index is -0.153. The van der Waals surface area contributed by atoms with Gasteiger partial charge < -0.3 is 15.4 Å². The number of hydrogen-bond acceptors (Lipinski definition) is 3. The number of rotatable bonds is 9. The van der Waals surface area contributed by atoms with E-state index in [0.717, 1.165) is 35.2 Å². The Labute approximate surface area is 182 Å². The van der Waals surface area contributed by atoms with Crippen LogP contribution in [0.3, 0.4) is 0 Å². The number of hydrogen-bond donors (Lipinski definition) is 2. The second kappa shape index (κ2) is 10.0. The standard InChI is InChI=1S/C26H26N2O3/c29-25(20-12-14-24(15-13-20)28-26(30)21-10-11-21)27-16-22-8-4-5-9-23(22)18-31-17-19-6-2-1-3-7-19/h1-9,12-15,21H,10-11,16-18H2,(H,27,29)(H,28,30). The molecule has 1 saturated carbocycles. The van der Waals surface area contributed by atoms with Gasteiger partial charge in [0.1, 0.15) is 0 Å². The second-order valence-corrected chi connectivity index (χ2v) is 7.77. The highest BCUT2D eigenvalue weighted by atomic mass is 16.5. The molecule has 158 valence electrons. The third-order valence-electron chi connectivity index (χ3n) is 5.29. The van der Waals surface area contributed by atoms with Gasteiger partial charge in [0.15, 0.2) is 0 Å². The summed E-state index contributed by atoms with van der Waals surface area (Å²) in [6.45, 7) is 1.45. The zero-order valence-electron chi connectivity index (χ0n) is 17.3. The maximum Gasteiger partial charge on any atom is 0.251 e. The van der Waals surface area contributed by atoms with E-state index >= 15 is 0 Å². The summed E-state index contributed by atoms with van der Waals surface area (Å²) in [5, 5.41) is 5.85. The molecule has 0 unspecified atom stereocenters. The minimum Gasteiger partial charge on any atom is -0.372 e. The van der Waals surface area contributed by atoms with Crippen LogP contribution in [0.5, 0.6) is 0 Å². The van der Waals surface area contributed by atoms with E-state index in [4.69, 9.17) is 4.74 Å². The first-order valence-corrected chi connectivity index (χ1v) is 10.6. The molecule has 0 radical (unpaired) electrons. The monoisotopic (exact) mass is 414 g/mol. The second-order valence-electron chi connectivity index (χ2n) is 7.77. The summed E-state index contributed by atoms with van der Waals surface area (Å²) in [7, 11) is 0. The number of amides is 2. The van der Waals surface area contributed by atoms with Crippen LogP contribution in [0, 0.1) is 5.92 Å². The van der Waals surface area contributed by atoms with Crippen LogP contribution in [0.15, 0.2) is 78.9 Å². The number of benzene rings is 3. The quantitative estimate of drug-likeness (QED) is 0.534. The first-order chi connectivity index (χ1) is 15.2. The molecule has 0 saturated heterocycles. The maximum atomic E-state index is 12.6. The van der Waals surface area contributed by atoms with Gasteiger partial charge >= 0.3 is 0 Å². The largest absolute Gasteiger partial charge is 0.372 e. The summed E-state index contributed by atoms with van der Waals surface area (Å²) in [5.74, 6) is 0.0584. The van der Waals surface area contributed by atoms with Crippen molar-refractivity contribution in [2.75, 3.05) is 5.32 Å². The van der Waals surface area contributed by atoms with Gasteiger partial charge in [0.2, 0.25) is 5.91 Å². The molecule has 1 aliphatic rings. The van der Waals surface area contributed by atoms with E-state index in [1.165, 1.54) is 0 Å². The zero-order valence-corrected chi connectivity index (χ0v) is 17.3. The van der Waals surface area contributed by atoms with Crippen LogP contribution < -0.4 is 10.6 Å². The van der Waals surface area contributed by atoms with E-state index in [0.29, 0.717) is 25.3 Å². The SMILES string of the molecule is O=C(NCc1ccccc1COCc1ccccc1)c1ccc(NC(=O)C2CC2)cc1. The smallest absolute Gasteiger partial charge is 0.251 e. The number of carbonyl (C=O) groups is 2. The number of carbonyl (C=O) groups excluding carboxylic acids is 2. The molecule has 4 rings (SSSR count). The molecule has 3 aromatic rings. The van der Waals surface area contributed by atoms with Gasteiger partial charge in [0.05, 0.1) is 13.2 Å². The van der Waals surface area contributed by atoms with Gasteiger partial charge in [0.25, 0.3) is 5.91 Å². The van der Waals surface area contributed by atoms with E-state index in [1.54, 1.807) is 24.3 Å². The van der Waals surface area contributed by atoms with Crippen molar-refractivity contribution in [3.05, 3.63) is 101 Å². The summed E-state index contributed by atoms with van der Waals surface area (Å²) in [4.78, 5) is 24.4. The lowest BCUT2D eigenvalue weighted by Crippen LogP contribution is -2.23. The Morgan fingerprint density at radius 3 is 2.19 bits per heavy atom. The Hall–Kier alpha value is -3.44. The summed E-state index contributed by atoms with van der Waals surface area (Å²) in [6, 6.07) is 25.0. The molecule has 5 nitrogen and oxygen atoms in total. The molecule has 2 N–H and O–H groups in total. The van der Waals surface area contributed by atoms with Crippen LogP contribution >= 0.6 is 0 Å². The molecule has 1 aliphatic carbocycles. The molecule has 2 amide bonds. The Kier molecular flexibility index (Phi) is 6.75. The Morgan fingerprint density at radius 2 is 1.48 bits per heavy atom. The van der Waals surface area contributed by atoms with Gasteiger partial charge in [-0.2, -0.15) is 0 Å². The third-order valence-corrected chi connectivity index (χ3v) is 5.29. The highest BCUT2D eigenvalue weighted by Gasteiger charge is 2.29. The Morgan fingerprint density at radius 1 is 0.806 bits per heavy atom. The molecule has 5 heteroatoms. The van der Waals surface area contributed by atoms with Crippen LogP contribution in [0.2, 0.25) is 0 Å². The molecule has 0 heterocycles. The predicted octanol–water partition coefficient (Wildman–Crippen LogP) is 4.68. The third kappa shape index (κ3) is 6.03. The highest BCUT2D eigenvalue weighted by Crippen LogP contribution is 2.30. The fourth-order valence-corrected chi connectivity index (χ4v) is 3.30. The molecule has 1 fully saturated rings. The van der Waals surface area contributed by atoms with Gasteiger partial charge in [-0.05, 0) is 53.8 Å². The zero-order chi connectivity index (χ0) is 21.5. The van der Waals surface area contributed by atoms with Gasteiger partial charge in [-0.25, -0.2) is 0 Å². The molecule has 0 atom stereocenters. The van der Waals surface area contributed by atoms with Crippen LogP contribution in [0.25, 0.3) is 0 Å². The van der Waals surface area contributed by atoms with Crippen molar-refractivity contribution in [2.24, 2.45) is 5.92 Å². The van der Waals surface area contributed by atoms with Crippen molar-refractivity contribution >= 4 is 17.5 Å². The van der Waals surface area contributed by atoms with Gasteiger partial charge in [-0.15, -0.1) is 0 Å². The van der Waals surface area contributed by atoms with Crippen LogP contribution in [0.4, 0.5) is 5.69 Å². The fraction of sp³-hybridized carbons (Fsp3) is 0.231. The van der Waals surface area contributed by atoms with Crippen molar-refractivity contribution in [2.45, 2.75) is 32.6 Å². The molecule has 0 aliphatic heterocycles. The van der Waals surface area contributed by atoms with E-state index in [2.05, 4.69) is 10.6 Å². The Balaban J connectivity index is 1.29. The number of nitrogens with one attached hydrogen (secondary N) is 2. The summed E-state index contributed by atoms with van der Waals surface area (Å²) in [6.07, 6.45) is 1.93. The Bertz CT molecular complexity index is 1030. The van der Waals surface area contributed by atoms with E-state index in [-0.39, 0.29) is 17.7 Å². The minimum absolute atomic E-state index is 0.0586. The summed E-state index contributed by atoms with van der Waals surface area (Å²) < 4.78 is 5.86. The first kappa shape index (κ1) is 20.8. The van der Waals surface area contributed by atoms with Crippen LogP contribution in [-0.4, -0.2) is 11.8 Å². The summed E-state index contributed by atoms with van der Waals surface area (Å²) in [5.41, 5.74) is 4.48. The lowest BCUT2D eigenvalue weighted by Gasteiger charge is -2.12. The molecule has 31 heavy (non-hydrogen) atoms. The molecule has 0 spiro atoms. The van der Waals surface area contributed by atoms with E-state index in [9.17, 15) is 9.59 Å². The molecule has 0 aromatic heterocycles. The average Bonchev–Trinajstić information content (AvgIpc) is 3.65. The van der Waals surface area contributed by atoms with Crippen molar-refractivity contribution in [3.63, 3.8) is 0 Å². The lowest BCUT2D eigenvalue weighted by molar-refractivity contribution is -0.117. The fourth-order valence-electron chi connectivity index (χ4n) is 3.30. The van der Waals surface area contributed by atoms with Gasteiger partial charge in [0, 0.05) is 23.7 Å². The lowest BCUT2D eigenvalue weighted by atomic mass is 10.1. The van der Waals surface area contributed by atoms with Crippen molar-refractivity contribution < 1.29 is 14.3 Å². The van der Waals surface area contributed by atoms with Crippen molar-refractivity contribution in [1.29, 1.82) is 0 Å². The van der Waals surface area contributed by atoms with E-state index < -0.39 is 0 Å². The summed E-state index contributed by atoms with van der Waals surface area (Å²) >= 11 is 0. The number of anilines is 1. The first-order valence-electron chi connectivity index (χ1n) is 10.6. The normalized spacial score (nSPS) is 12.9. The van der Waals surface area contributed by atoms with Crippen LogP contribution in [-0.2, 0) is 29.3 Å². The molecule has 0 bridgehead atoms. The van der Waals surface area contributed by atoms with Gasteiger partial charge in [-0.3, -0.25) is 9.59 Å². The average molecular weight is 415 g/mol. The van der Waals surface area contributed by atoms with Crippen LogP contribution in [0.1, 0.15) is 39.9 Å². The molecule has 3 aromatic carbocycles. The maximum absolute atomic E-state index is 12.6. The highest BCUT2D eigenvalue weighted by molar-refractivity contribution is 5.96. The predicted molar refractivity (Wildman–Crippen MR) is 120 cm³/mol. The van der Waals surface area contributed by atoms with Gasteiger partial charge in [-0.1, -0.05) is 54.6 Å². The van der Waals surface area contributed by atoms with E-state index in [1.807, 2.05) is 54.6 Å².